The van der Waals surface area contributed by atoms with E-state index in [1.807, 2.05) is 0 Å². The van der Waals surface area contributed by atoms with Crippen LogP contribution in [0.4, 0.5) is 4.79 Å². The molecule has 106 valence electrons. The number of carbonyl (C=O) groups is 1. The van der Waals surface area contributed by atoms with Crippen LogP contribution in [0, 0.1) is 0 Å². The molecule has 1 N–H and O–H groups in total. The molecule has 0 radical (unpaired) electrons. The zero-order valence-corrected chi connectivity index (χ0v) is 11.8. The van der Waals surface area contributed by atoms with E-state index in [0.717, 1.165) is 25.7 Å². The lowest BCUT2D eigenvalue weighted by atomic mass is 9.94. The first-order chi connectivity index (χ1) is 9.22. The fraction of sp³-hybridized carbons (Fsp3) is 0.923. The third-order valence-corrected chi connectivity index (χ3v) is 5.90. The third kappa shape index (κ3) is 1.73. The number of hydrogen-bond acceptors (Lipinski definition) is 5. The number of ether oxygens (including phenoxy) is 3. The van der Waals surface area contributed by atoms with Crippen LogP contribution < -0.4 is 5.32 Å². The molecule has 2 saturated heterocycles. The lowest BCUT2D eigenvalue weighted by Crippen LogP contribution is -2.43. The van der Waals surface area contributed by atoms with Gasteiger partial charge in [0.2, 0.25) is 0 Å². The quantitative estimate of drug-likeness (QED) is 0.794. The Morgan fingerprint density at radius 3 is 2.63 bits per heavy atom. The van der Waals surface area contributed by atoms with E-state index in [9.17, 15) is 4.79 Å². The van der Waals surface area contributed by atoms with Gasteiger partial charge in [0.1, 0.15) is 12.2 Å². The van der Waals surface area contributed by atoms with E-state index in [1.54, 1.807) is 11.8 Å². The highest BCUT2D eigenvalue weighted by Gasteiger charge is 2.64. The molecule has 0 aromatic rings. The van der Waals surface area contributed by atoms with Crippen LogP contribution in [0.2, 0.25) is 0 Å². The van der Waals surface area contributed by atoms with Crippen molar-refractivity contribution in [1.82, 2.24) is 5.32 Å². The van der Waals surface area contributed by atoms with Gasteiger partial charge in [-0.15, -0.1) is 0 Å². The van der Waals surface area contributed by atoms with E-state index in [-0.39, 0.29) is 35.7 Å². The highest BCUT2D eigenvalue weighted by molar-refractivity contribution is 7.99. The topological polar surface area (TPSA) is 56.8 Å². The van der Waals surface area contributed by atoms with Gasteiger partial charge < -0.3 is 19.5 Å². The maximum absolute atomic E-state index is 11.4. The largest absolute Gasteiger partial charge is 0.441 e. The molecule has 19 heavy (non-hydrogen) atoms. The van der Waals surface area contributed by atoms with Gasteiger partial charge in [-0.3, -0.25) is 0 Å². The van der Waals surface area contributed by atoms with Gasteiger partial charge in [-0.2, -0.15) is 11.8 Å². The van der Waals surface area contributed by atoms with E-state index < -0.39 is 5.79 Å². The fourth-order valence-corrected chi connectivity index (χ4v) is 4.96. The van der Waals surface area contributed by atoms with E-state index in [1.165, 1.54) is 6.42 Å². The molecule has 2 heterocycles. The smallest absolute Gasteiger partial charge is 0.407 e. The van der Waals surface area contributed by atoms with E-state index in [2.05, 4.69) is 11.6 Å². The first-order valence-electron chi connectivity index (χ1n) is 7.08. The summed E-state index contributed by atoms with van der Waals surface area (Å²) in [6.07, 6.45) is 7.03. The third-order valence-electron chi connectivity index (χ3n) is 4.80. The molecule has 0 unspecified atom stereocenters. The van der Waals surface area contributed by atoms with Gasteiger partial charge >= 0.3 is 6.09 Å². The average molecular weight is 285 g/mol. The van der Waals surface area contributed by atoms with Crippen molar-refractivity contribution in [2.45, 2.75) is 67.5 Å². The van der Waals surface area contributed by atoms with Gasteiger partial charge in [0, 0.05) is 12.8 Å². The predicted molar refractivity (Wildman–Crippen MR) is 70.1 cm³/mol. The summed E-state index contributed by atoms with van der Waals surface area (Å²) < 4.78 is 18.0. The van der Waals surface area contributed by atoms with Crippen LogP contribution in [0.25, 0.3) is 0 Å². The van der Waals surface area contributed by atoms with Crippen LogP contribution in [-0.4, -0.2) is 47.7 Å². The monoisotopic (exact) mass is 285 g/mol. The lowest BCUT2D eigenvalue weighted by Gasteiger charge is -2.34. The maximum Gasteiger partial charge on any atom is 0.407 e. The SMILES string of the molecule is CS[C@H]1[C@H]2NC(=O)O[C@H]2[C@H]2OC3(CCCCC3)O[C@H]21. The number of nitrogens with one attached hydrogen (secondary N) is 1. The second kappa shape index (κ2) is 4.27. The number of alkyl carbamates (subject to hydrolysis) is 1. The molecule has 5 nitrogen and oxygen atoms in total. The van der Waals surface area contributed by atoms with Crippen LogP contribution in [0.1, 0.15) is 32.1 Å². The Balaban J connectivity index is 1.59. The number of carbonyl (C=O) groups excluding carboxylic acids is 1. The van der Waals surface area contributed by atoms with Crippen LogP contribution in [-0.2, 0) is 14.2 Å². The summed E-state index contributed by atoms with van der Waals surface area (Å²) in [5, 5.41) is 3.12. The molecule has 4 aliphatic rings. The Morgan fingerprint density at radius 2 is 1.89 bits per heavy atom. The second-order valence-electron chi connectivity index (χ2n) is 5.88. The molecule has 6 heteroatoms. The number of amides is 1. The minimum Gasteiger partial charge on any atom is -0.441 e. The van der Waals surface area contributed by atoms with E-state index in [4.69, 9.17) is 14.2 Å². The number of thioether (sulfide) groups is 1. The Hall–Kier alpha value is -0.460. The summed E-state index contributed by atoms with van der Waals surface area (Å²) in [5.74, 6) is -0.401. The van der Waals surface area contributed by atoms with Crippen molar-refractivity contribution in [3.63, 3.8) is 0 Å². The first-order valence-corrected chi connectivity index (χ1v) is 8.37. The van der Waals surface area contributed by atoms with Crippen molar-refractivity contribution >= 4 is 17.9 Å². The Labute approximate surface area is 116 Å². The number of hydrogen-bond donors (Lipinski definition) is 1. The van der Waals surface area contributed by atoms with Gasteiger partial charge in [0.25, 0.3) is 0 Å². The van der Waals surface area contributed by atoms with Crippen molar-refractivity contribution in [1.29, 1.82) is 0 Å². The molecule has 0 aromatic carbocycles. The summed E-state index contributed by atoms with van der Waals surface area (Å²) in [6, 6.07) is 0.0263. The van der Waals surface area contributed by atoms with Crippen molar-refractivity contribution in [3.05, 3.63) is 0 Å². The number of fused-ring (bicyclic) bond motifs is 3. The van der Waals surface area contributed by atoms with Crippen LogP contribution >= 0.6 is 11.8 Å². The van der Waals surface area contributed by atoms with E-state index in [0.29, 0.717) is 0 Å². The molecule has 5 atom stereocenters. The summed E-state index contributed by atoms with van der Waals surface area (Å²) in [7, 11) is 0. The van der Waals surface area contributed by atoms with Gasteiger partial charge in [-0.05, 0) is 19.1 Å². The summed E-state index contributed by atoms with van der Waals surface area (Å²) in [5.41, 5.74) is 0. The molecule has 1 spiro atoms. The Morgan fingerprint density at radius 1 is 1.16 bits per heavy atom. The van der Waals surface area contributed by atoms with Crippen molar-refractivity contribution in [3.8, 4) is 0 Å². The van der Waals surface area contributed by atoms with Crippen LogP contribution in [0.5, 0.6) is 0 Å². The minimum atomic E-state index is -0.401. The van der Waals surface area contributed by atoms with Crippen LogP contribution in [0.3, 0.4) is 0 Å². The summed E-state index contributed by atoms with van der Waals surface area (Å²) >= 11 is 1.73. The Bertz CT molecular complexity index is 398. The number of rotatable bonds is 1. The summed E-state index contributed by atoms with van der Waals surface area (Å²) in [6.45, 7) is 0. The Kier molecular flexibility index (Phi) is 2.76. The predicted octanol–water partition coefficient (Wildman–Crippen LogP) is 1.65. The second-order valence-corrected chi connectivity index (χ2v) is 6.89. The van der Waals surface area contributed by atoms with Gasteiger partial charge in [0.05, 0.1) is 11.3 Å². The standard InChI is InChI=1S/C13H19NO4S/c1-19-11-7-8(16-12(15)14-7)9-10(11)18-13(17-9)5-3-2-4-6-13/h7-11H,2-6H2,1H3,(H,14,15)/t7-,8+,9+,10+,11-/m0/s1. The zero-order valence-electron chi connectivity index (χ0n) is 11.0. The van der Waals surface area contributed by atoms with Crippen molar-refractivity contribution < 1.29 is 19.0 Å². The lowest BCUT2D eigenvalue weighted by molar-refractivity contribution is -0.204. The molecule has 0 aromatic heterocycles. The molecule has 2 saturated carbocycles. The van der Waals surface area contributed by atoms with Crippen molar-refractivity contribution in [2.24, 2.45) is 0 Å². The molecule has 1 amide bonds. The van der Waals surface area contributed by atoms with E-state index >= 15 is 0 Å². The summed E-state index contributed by atoms with van der Waals surface area (Å²) in [4.78, 5) is 11.4. The molecule has 4 fully saturated rings. The molecule has 0 bridgehead atoms. The highest BCUT2D eigenvalue weighted by atomic mass is 32.2. The molecule has 2 aliphatic heterocycles. The average Bonchev–Trinajstić information content (AvgIpc) is 3.00. The fourth-order valence-electron chi connectivity index (χ4n) is 3.97. The van der Waals surface area contributed by atoms with Gasteiger partial charge in [-0.25, -0.2) is 4.79 Å². The van der Waals surface area contributed by atoms with Gasteiger partial charge in [-0.1, -0.05) is 6.42 Å². The first kappa shape index (κ1) is 12.3. The van der Waals surface area contributed by atoms with Crippen molar-refractivity contribution in [2.75, 3.05) is 6.26 Å². The highest BCUT2D eigenvalue weighted by Crippen LogP contribution is 2.49. The molecule has 2 aliphatic carbocycles. The van der Waals surface area contributed by atoms with Gasteiger partial charge in [0.15, 0.2) is 11.9 Å². The zero-order chi connectivity index (χ0) is 13.0. The maximum atomic E-state index is 11.4. The molecular weight excluding hydrogens is 266 g/mol. The normalized spacial score (nSPS) is 46.8. The van der Waals surface area contributed by atoms with Crippen LogP contribution in [0.15, 0.2) is 0 Å². The molecular formula is C13H19NO4S. The minimum absolute atomic E-state index is 0.0263. The molecule has 4 rings (SSSR count).